The number of phenolic OH excluding ortho intramolecular Hbond substituents is 2. The van der Waals surface area contributed by atoms with Crippen LogP contribution in [0.5, 0.6) is 11.5 Å². The van der Waals surface area contributed by atoms with E-state index in [1.54, 1.807) is 0 Å². The van der Waals surface area contributed by atoms with Crippen molar-refractivity contribution in [1.82, 2.24) is 10.1 Å². The lowest BCUT2D eigenvalue weighted by Gasteiger charge is -2.00. The second-order valence-corrected chi connectivity index (χ2v) is 4.65. The number of benzene rings is 1. The van der Waals surface area contributed by atoms with Crippen molar-refractivity contribution in [1.29, 1.82) is 0 Å². The first-order chi connectivity index (χ1) is 8.56. The molecule has 0 bridgehead atoms. The summed E-state index contributed by atoms with van der Waals surface area (Å²) in [4.78, 5) is 4.21. The van der Waals surface area contributed by atoms with Crippen molar-refractivity contribution in [2.45, 2.75) is 26.7 Å². The molecule has 96 valence electrons. The fraction of sp³-hybridized carbons (Fsp3) is 0.385. The predicted molar refractivity (Wildman–Crippen MR) is 66.2 cm³/mol. The van der Waals surface area contributed by atoms with Gasteiger partial charge < -0.3 is 14.7 Å². The van der Waals surface area contributed by atoms with E-state index in [0.29, 0.717) is 17.3 Å². The predicted octanol–water partition coefficient (Wildman–Crippen LogP) is 2.74. The molecule has 18 heavy (non-hydrogen) atoms. The molecule has 5 nitrogen and oxygen atoms in total. The van der Waals surface area contributed by atoms with Gasteiger partial charge in [-0.1, -0.05) is 19.0 Å². The number of hydrogen-bond donors (Lipinski definition) is 2. The van der Waals surface area contributed by atoms with E-state index in [4.69, 9.17) is 4.52 Å². The van der Waals surface area contributed by atoms with Crippen molar-refractivity contribution < 1.29 is 14.7 Å². The van der Waals surface area contributed by atoms with Crippen LogP contribution in [0.25, 0.3) is 11.5 Å². The SMILES string of the molecule is CC(C)CCc1noc(-c2cc(O)ccc2O)n1. The van der Waals surface area contributed by atoms with E-state index >= 15 is 0 Å². The lowest BCUT2D eigenvalue weighted by Crippen LogP contribution is -1.93. The molecule has 5 heteroatoms. The van der Waals surface area contributed by atoms with Crippen molar-refractivity contribution in [3.63, 3.8) is 0 Å². The largest absolute Gasteiger partial charge is 0.508 e. The smallest absolute Gasteiger partial charge is 0.261 e. The Morgan fingerprint density at radius 1 is 1.28 bits per heavy atom. The summed E-state index contributed by atoms with van der Waals surface area (Å²) in [6.07, 6.45) is 1.71. The number of aromatic hydroxyl groups is 2. The lowest BCUT2D eigenvalue weighted by atomic mass is 10.1. The Morgan fingerprint density at radius 3 is 2.78 bits per heavy atom. The van der Waals surface area contributed by atoms with Gasteiger partial charge in [0.05, 0.1) is 5.56 Å². The summed E-state index contributed by atoms with van der Waals surface area (Å²) in [5.41, 5.74) is 0.346. The third-order valence-electron chi connectivity index (χ3n) is 2.62. The fourth-order valence-electron chi connectivity index (χ4n) is 1.58. The van der Waals surface area contributed by atoms with Crippen LogP contribution in [0.4, 0.5) is 0 Å². The molecule has 0 amide bonds. The minimum Gasteiger partial charge on any atom is -0.508 e. The molecular weight excluding hydrogens is 232 g/mol. The Morgan fingerprint density at radius 2 is 2.06 bits per heavy atom. The van der Waals surface area contributed by atoms with Crippen LogP contribution in [0.15, 0.2) is 22.7 Å². The van der Waals surface area contributed by atoms with E-state index in [-0.39, 0.29) is 17.4 Å². The summed E-state index contributed by atoms with van der Waals surface area (Å²) < 4.78 is 5.09. The summed E-state index contributed by atoms with van der Waals surface area (Å²) >= 11 is 0. The molecule has 1 aromatic carbocycles. The van der Waals surface area contributed by atoms with Gasteiger partial charge in [0.15, 0.2) is 5.82 Å². The molecular formula is C13H16N2O3. The first-order valence-electron chi connectivity index (χ1n) is 5.91. The van der Waals surface area contributed by atoms with Gasteiger partial charge >= 0.3 is 0 Å². The first kappa shape index (κ1) is 12.4. The van der Waals surface area contributed by atoms with Crippen LogP contribution >= 0.6 is 0 Å². The van der Waals surface area contributed by atoms with Crippen LogP contribution in [0.1, 0.15) is 26.1 Å². The third kappa shape index (κ3) is 2.80. The highest BCUT2D eigenvalue weighted by Crippen LogP contribution is 2.31. The summed E-state index contributed by atoms with van der Waals surface area (Å²) in [6, 6.07) is 4.19. The summed E-state index contributed by atoms with van der Waals surface area (Å²) in [7, 11) is 0. The quantitative estimate of drug-likeness (QED) is 0.813. The standard InChI is InChI=1S/C13H16N2O3/c1-8(2)3-6-12-14-13(18-15-12)10-7-9(16)4-5-11(10)17/h4-5,7-8,16-17H,3,6H2,1-2H3. The van der Waals surface area contributed by atoms with Crippen LogP contribution in [-0.2, 0) is 6.42 Å². The van der Waals surface area contributed by atoms with E-state index in [1.165, 1.54) is 18.2 Å². The van der Waals surface area contributed by atoms with Crippen molar-refractivity contribution in [3.8, 4) is 23.0 Å². The molecule has 1 heterocycles. The number of hydrogen-bond acceptors (Lipinski definition) is 5. The highest BCUT2D eigenvalue weighted by Gasteiger charge is 2.13. The van der Waals surface area contributed by atoms with Crippen LogP contribution in [-0.4, -0.2) is 20.4 Å². The first-order valence-corrected chi connectivity index (χ1v) is 5.91. The molecule has 0 saturated carbocycles. The minimum atomic E-state index is 0.00635. The molecule has 0 aliphatic heterocycles. The molecule has 0 saturated heterocycles. The Labute approximate surface area is 105 Å². The van der Waals surface area contributed by atoms with Crippen molar-refractivity contribution in [2.75, 3.05) is 0 Å². The Kier molecular flexibility index (Phi) is 3.50. The molecule has 0 aliphatic rings. The van der Waals surface area contributed by atoms with Crippen LogP contribution in [0.3, 0.4) is 0 Å². The maximum absolute atomic E-state index is 9.68. The van der Waals surface area contributed by atoms with Gasteiger partial charge in [0.2, 0.25) is 0 Å². The third-order valence-corrected chi connectivity index (χ3v) is 2.62. The Hall–Kier alpha value is -2.04. The molecule has 2 rings (SSSR count). The van der Waals surface area contributed by atoms with Crippen molar-refractivity contribution in [3.05, 3.63) is 24.0 Å². The second kappa shape index (κ2) is 5.08. The maximum atomic E-state index is 9.68. The maximum Gasteiger partial charge on any atom is 0.261 e. The topological polar surface area (TPSA) is 79.4 Å². The fourth-order valence-corrected chi connectivity index (χ4v) is 1.58. The van der Waals surface area contributed by atoms with E-state index < -0.39 is 0 Å². The van der Waals surface area contributed by atoms with Gasteiger partial charge in [-0.25, -0.2) is 0 Å². The number of aromatic nitrogens is 2. The van der Waals surface area contributed by atoms with Gasteiger partial charge in [-0.3, -0.25) is 0 Å². The van der Waals surface area contributed by atoms with Crippen molar-refractivity contribution in [2.24, 2.45) is 5.92 Å². The average Bonchev–Trinajstić information content (AvgIpc) is 2.78. The Bertz CT molecular complexity index is 535. The molecule has 2 N–H and O–H groups in total. The van der Waals surface area contributed by atoms with E-state index in [1.807, 2.05) is 0 Å². The van der Waals surface area contributed by atoms with Crippen LogP contribution in [0, 0.1) is 5.92 Å². The van der Waals surface area contributed by atoms with Gasteiger partial charge in [-0.15, -0.1) is 0 Å². The number of nitrogens with zero attached hydrogens (tertiary/aromatic N) is 2. The summed E-state index contributed by atoms with van der Waals surface area (Å²) in [5, 5.41) is 22.9. The molecule has 0 aliphatic carbocycles. The zero-order chi connectivity index (χ0) is 13.1. The van der Waals surface area contributed by atoms with Crippen LogP contribution in [0.2, 0.25) is 0 Å². The van der Waals surface area contributed by atoms with Crippen LogP contribution < -0.4 is 0 Å². The van der Waals surface area contributed by atoms with E-state index in [9.17, 15) is 10.2 Å². The lowest BCUT2D eigenvalue weighted by molar-refractivity contribution is 0.413. The molecule has 0 unspecified atom stereocenters. The van der Waals surface area contributed by atoms with Gasteiger partial charge in [0, 0.05) is 6.42 Å². The molecule has 2 aromatic rings. The van der Waals surface area contributed by atoms with E-state index in [2.05, 4.69) is 24.0 Å². The zero-order valence-corrected chi connectivity index (χ0v) is 10.4. The van der Waals surface area contributed by atoms with E-state index in [0.717, 1.165) is 12.8 Å². The summed E-state index contributed by atoms with van der Waals surface area (Å²) in [6.45, 7) is 4.25. The van der Waals surface area contributed by atoms with Gasteiger partial charge in [0.25, 0.3) is 5.89 Å². The normalized spacial score (nSPS) is 11.1. The molecule has 0 spiro atoms. The molecule has 0 atom stereocenters. The highest BCUT2D eigenvalue weighted by atomic mass is 16.5. The number of aryl methyl sites for hydroxylation is 1. The van der Waals surface area contributed by atoms with Gasteiger partial charge in [-0.05, 0) is 30.5 Å². The Balaban J connectivity index is 2.21. The molecule has 1 aromatic heterocycles. The molecule has 0 fully saturated rings. The van der Waals surface area contributed by atoms with Crippen molar-refractivity contribution >= 4 is 0 Å². The number of phenols is 2. The monoisotopic (exact) mass is 248 g/mol. The summed E-state index contributed by atoms with van der Waals surface area (Å²) in [5.74, 6) is 1.46. The molecule has 0 radical (unpaired) electrons. The average molecular weight is 248 g/mol. The highest BCUT2D eigenvalue weighted by molar-refractivity contribution is 5.64. The van der Waals surface area contributed by atoms with Gasteiger partial charge in [0.1, 0.15) is 11.5 Å². The van der Waals surface area contributed by atoms with Gasteiger partial charge in [-0.2, -0.15) is 4.98 Å². The second-order valence-electron chi connectivity index (χ2n) is 4.65. The zero-order valence-electron chi connectivity index (χ0n) is 10.4. The number of rotatable bonds is 4. The minimum absolute atomic E-state index is 0.00635.